The molecular formula is C20H25N3O2S. The molecule has 1 aromatic carbocycles. The van der Waals surface area contributed by atoms with E-state index >= 15 is 0 Å². The van der Waals surface area contributed by atoms with Gasteiger partial charge in [-0.15, -0.1) is 11.3 Å². The third-order valence-electron chi connectivity index (χ3n) is 4.83. The molecule has 1 N–H and O–H groups in total. The molecule has 138 valence electrons. The fraction of sp³-hybridized carbons (Fsp3) is 0.450. The Labute approximate surface area is 158 Å². The highest BCUT2D eigenvalue weighted by Crippen LogP contribution is 2.31. The van der Waals surface area contributed by atoms with Crippen LogP contribution in [0.25, 0.3) is 0 Å². The molecule has 1 aliphatic heterocycles. The maximum absolute atomic E-state index is 12.8. The van der Waals surface area contributed by atoms with Crippen molar-refractivity contribution in [3.63, 3.8) is 0 Å². The monoisotopic (exact) mass is 371 g/mol. The number of piperidine rings is 1. The van der Waals surface area contributed by atoms with Crippen LogP contribution in [0.4, 0.5) is 0 Å². The summed E-state index contributed by atoms with van der Waals surface area (Å²) in [5.74, 6) is 0.485. The second kappa shape index (κ2) is 7.99. The van der Waals surface area contributed by atoms with Crippen LogP contribution in [0.1, 0.15) is 57.9 Å². The molecule has 1 saturated heterocycles. The van der Waals surface area contributed by atoms with E-state index in [1.807, 2.05) is 36.3 Å². The quantitative estimate of drug-likeness (QED) is 0.896. The minimum absolute atomic E-state index is 0.0437. The van der Waals surface area contributed by atoms with Crippen molar-refractivity contribution < 1.29 is 9.59 Å². The van der Waals surface area contributed by atoms with Gasteiger partial charge in [0.05, 0.1) is 17.2 Å². The number of carbonyl (C=O) groups is 2. The number of rotatable bonds is 4. The van der Waals surface area contributed by atoms with Gasteiger partial charge in [-0.3, -0.25) is 9.59 Å². The molecule has 1 aliphatic rings. The summed E-state index contributed by atoms with van der Waals surface area (Å²) in [4.78, 5) is 30.4. The number of carbonyl (C=O) groups excluding carboxylic acids is 2. The average Bonchev–Trinajstić information content (AvgIpc) is 3.09. The summed E-state index contributed by atoms with van der Waals surface area (Å²) < 4.78 is 0. The summed E-state index contributed by atoms with van der Waals surface area (Å²) in [5, 5.41) is 5.91. The number of aromatic nitrogens is 1. The van der Waals surface area contributed by atoms with Gasteiger partial charge < -0.3 is 10.2 Å². The zero-order chi connectivity index (χ0) is 18.7. The number of hydrogen-bond donors (Lipinski definition) is 1. The molecule has 2 amide bonds. The molecule has 0 spiro atoms. The van der Waals surface area contributed by atoms with E-state index in [1.165, 1.54) is 12.5 Å². The van der Waals surface area contributed by atoms with Crippen LogP contribution in [0.3, 0.4) is 0 Å². The molecule has 0 atom stereocenters. The third kappa shape index (κ3) is 4.30. The van der Waals surface area contributed by atoms with Crippen molar-refractivity contribution in [1.82, 2.24) is 15.2 Å². The summed E-state index contributed by atoms with van der Waals surface area (Å²) in [6.45, 7) is 7.56. The SMILES string of the molecule is CC(=O)NCc1csc(C2CCN(C(=O)c3ccc(C)cc3C)CC2)n1. The predicted molar refractivity (Wildman–Crippen MR) is 103 cm³/mol. The van der Waals surface area contributed by atoms with Gasteiger partial charge in [0.25, 0.3) is 5.91 Å². The first-order valence-corrected chi connectivity index (χ1v) is 9.87. The van der Waals surface area contributed by atoms with Crippen LogP contribution in [0, 0.1) is 13.8 Å². The first-order chi connectivity index (χ1) is 12.4. The lowest BCUT2D eigenvalue weighted by molar-refractivity contribution is -0.119. The van der Waals surface area contributed by atoms with Crippen LogP contribution >= 0.6 is 11.3 Å². The van der Waals surface area contributed by atoms with Gasteiger partial charge in [0.15, 0.2) is 0 Å². The third-order valence-corrected chi connectivity index (χ3v) is 5.89. The highest BCUT2D eigenvalue weighted by Gasteiger charge is 2.26. The fourth-order valence-electron chi connectivity index (χ4n) is 3.36. The second-order valence-corrected chi connectivity index (χ2v) is 7.86. The van der Waals surface area contributed by atoms with Crippen LogP contribution < -0.4 is 5.32 Å². The van der Waals surface area contributed by atoms with Crippen LogP contribution in [0.5, 0.6) is 0 Å². The van der Waals surface area contributed by atoms with Gasteiger partial charge in [-0.25, -0.2) is 4.98 Å². The maximum atomic E-state index is 12.8. The Hall–Kier alpha value is -2.21. The molecule has 6 heteroatoms. The molecule has 1 fully saturated rings. The fourth-order valence-corrected chi connectivity index (χ4v) is 4.35. The van der Waals surface area contributed by atoms with Gasteiger partial charge in [0.1, 0.15) is 0 Å². The second-order valence-electron chi connectivity index (χ2n) is 6.97. The van der Waals surface area contributed by atoms with Crippen molar-refractivity contribution in [2.75, 3.05) is 13.1 Å². The number of benzene rings is 1. The highest BCUT2D eigenvalue weighted by atomic mass is 32.1. The summed E-state index contributed by atoms with van der Waals surface area (Å²) in [6, 6.07) is 6.00. The number of aryl methyl sites for hydroxylation is 2. The lowest BCUT2D eigenvalue weighted by atomic mass is 9.96. The van der Waals surface area contributed by atoms with E-state index in [1.54, 1.807) is 11.3 Å². The number of thiazole rings is 1. The largest absolute Gasteiger partial charge is 0.351 e. The molecule has 26 heavy (non-hydrogen) atoms. The minimum Gasteiger partial charge on any atom is -0.351 e. The van der Waals surface area contributed by atoms with Crippen molar-refractivity contribution in [3.8, 4) is 0 Å². The van der Waals surface area contributed by atoms with E-state index < -0.39 is 0 Å². The first kappa shape index (κ1) is 18.6. The van der Waals surface area contributed by atoms with Crippen LogP contribution in [-0.2, 0) is 11.3 Å². The number of hydrogen-bond acceptors (Lipinski definition) is 4. The van der Waals surface area contributed by atoms with Crippen molar-refractivity contribution in [2.45, 2.75) is 46.1 Å². The van der Waals surface area contributed by atoms with Gasteiger partial charge in [0.2, 0.25) is 5.91 Å². The molecule has 1 aromatic heterocycles. The topological polar surface area (TPSA) is 62.3 Å². The number of nitrogens with zero attached hydrogens (tertiary/aromatic N) is 2. The van der Waals surface area contributed by atoms with E-state index in [2.05, 4.69) is 16.4 Å². The number of amides is 2. The first-order valence-electron chi connectivity index (χ1n) is 8.99. The maximum Gasteiger partial charge on any atom is 0.254 e. The van der Waals surface area contributed by atoms with E-state index in [0.717, 1.165) is 47.8 Å². The summed E-state index contributed by atoms with van der Waals surface area (Å²) in [6.07, 6.45) is 1.87. The molecule has 3 rings (SSSR count). The Balaban J connectivity index is 1.58. The van der Waals surface area contributed by atoms with Gasteiger partial charge in [-0.2, -0.15) is 0 Å². The van der Waals surface area contributed by atoms with Crippen LogP contribution in [0.15, 0.2) is 23.6 Å². The van der Waals surface area contributed by atoms with Crippen molar-refractivity contribution in [3.05, 3.63) is 51.0 Å². The van der Waals surface area contributed by atoms with Gasteiger partial charge in [0, 0.05) is 36.9 Å². The van der Waals surface area contributed by atoms with E-state index in [-0.39, 0.29) is 11.8 Å². The Morgan fingerprint density at radius 1 is 1.27 bits per heavy atom. The van der Waals surface area contributed by atoms with Gasteiger partial charge in [-0.1, -0.05) is 17.7 Å². The normalized spacial score (nSPS) is 15.1. The molecule has 0 saturated carbocycles. The molecule has 2 heterocycles. The van der Waals surface area contributed by atoms with Crippen molar-refractivity contribution >= 4 is 23.2 Å². The predicted octanol–water partition coefficient (Wildman–Crippen LogP) is 3.42. The van der Waals surface area contributed by atoms with Crippen LogP contribution in [-0.4, -0.2) is 34.8 Å². The van der Waals surface area contributed by atoms with E-state index in [0.29, 0.717) is 12.5 Å². The Bertz CT molecular complexity index is 807. The molecular weight excluding hydrogens is 346 g/mol. The molecule has 5 nitrogen and oxygen atoms in total. The number of likely N-dealkylation sites (tertiary alicyclic amines) is 1. The smallest absolute Gasteiger partial charge is 0.254 e. The van der Waals surface area contributed by atoms with Gasteiger partial charge >= 0.3 is 0 Å². The lowest BCUT2D eigenvalue weighted by Gasteiger charge is -2.31. The Morgan fingerprint density at radius 2 is 2.00 bits per heavy atom. The zero-order valence-corrected chi connectivity index (χ0v) is 16.4. The summed E-state index contributed by atoms with van der Waals surface area (Å²) in [5.41, 5.74) is 3.94. The molecule has 0 bridgehead atoms. The van der Waals surface area contributed by atoms with Gasteiger partial charge in [-0.05, 0) is 38.3 Å². The number of nitrogens with one attached hydrogen (secondary N) is 1. The minimum atomic E-state index is -0.0437. The Kier molecular flexibility index (Phi) is 5.71. The van der Waals surface area contributed by atoms with E-state index in [4.69, 9.17) is 0 Å². The lowest BCUT2D eigenvalue weighted by Crippen LogP contribution is -2.38. The standard InChI is InChI=1S/C20H25N3O2S/c1-13-4-5-18(14(2)10-13)20(25)23-8-6-16(7-9-23)19-22-17(12-26-19)11-21-15(3)24/h4-5,10,12,16H,6-9,11H2,1-3H3,(H,21,24). The zero-order valence-electron chi connectivity index (χ0n) is 15.5. The van der Waals surface area contributed by atoms with Crippen molar-refractivity contribution in [2.24, 2.45) is 0 Å². The van der Waals surface area contributed by atoms with Crippen molar-refractivity contribution in [1.29, 1.82) is 0 Å². The Morgan fingerprint density at radius 3 is 2.65 bits per heavy atom. The van der Waals surface area contributed by atoms with E-state index in [9.17, 15) is 9.59 Å². The molecule has 0 radical (unpaired) electrons. The molecule has 0 aliphatic carbocycles. The van der Waals surface area contributed by atoms with Crippen LogP contribution in [0.2, 0.25) is 0 Å². The highest BCUT2D eigenvalue weighted by molar-refractivity contribution is 7.09. The summed E-state index contributed by atoms with van der Waals surface area (Å²) >= 11 is 1.65. The molecule has 2 aromatic rings. The molecule has 0 unspecified atom stereocenters. The summed E-state index contributed by atoms with van der Waals surface area (Å²) in [7, 11) is 0. The average molecular weight is 372 g/mol.